The molecule has 2 heterocycles. The van der Waals surface area contributed by atoms with Crippen molar-refractivity contribution in [2.45, 2.75) is 12.5 Å². The van der Waals surface area contributed by atoms with Crippen molar-refractivity contribution < 1.29 is 0 Å². The summed E-state index contributed by atoms with van der Waals surface area (Å²) in [5, 5.41) is 7.13. The minimum absolute atomic E-state index is 0.497. The molecule has 1 atom stereocenters. The highest BCUT2D eigenvalue weighted by Gasteiger charge is 2.26. The number of rotatable bonds is 0. The summed E-state index contributed by atoms with van der Waals surface area (Å²) in [6.45, 7) is 0. The van der Waals surface area contributed by atoms with Crippen molar-refractivity contribution in [3.05, 3.63) is 47.4 Å². The summed E-state index contributed by atoms with van der Waals surface area (Å²) in [5.41, 5.74) is 4.14. The van der Waals surface area contributed by atoms with Gasteiger partial charge < -0.3 is 5.32 Å². The fourth-order valence-electron chi connectivity index (χ4n) is 2.60. The first-order valence-corrected chi connectivity index (χ1v) is 6.45. The second kappa shape index (κ2) is 2.98. The van der Waals surface area contributed by atoms with Gasteiger partial charge in [0.25, 0.3) is 0 Å². The molecule has 1 aliphatic carbocycles. The molecule has 0 saturated heterocycles. The molecule has 1 aromatic heterocycles. The first kappa shape index (κ1) is 8.59. The summed E-state index contributed by atoms with van der Waals surface area (Å²) in [7, 11) is 0. The van der Waals surface area contributed by atoms with E-state index >= 15 is 0 Å². The number of allylic oxidation sites excluding steroid dienone is 2. The van der Waals surface area contributed by atoms with E-state index in [2.05, 4.69) is 47.1 Å². The SMILES string of the molecule is C1=CCC2Nc3cc4sccc4cc3C2=C1. The zero-order chi connectivity index (χ0) is 10.5. The van der Waals surface area contributed by atoms with Crippen molar-refractivity contribution in [2.75, 3.05) is 5.32 Å². The van der Waals surface area contributed by atoms with Gasteiger partial charge in [-0.25, -0.2) is 0 Å². The molecule has 1 N–H and O–H groups in total. The quantitative estimate of drug-likeness (QED) is 0.713. The van der Waals surface area contributed by atoms with Crippen LogP contribution < -0.4 is 5.32 Å². The number of anilines is 1. The van der Waals surface area contributed by atoms with Gasteiger partial charge in [0.2, 0.25) is 0 Å². The van der Waals surface area contributed by atoms with Crippen LogP contribution in [-0.2, 0) is 0 Å². The van der Waals surface area contributed by atoms with E-state index in [-0.39, 0.29) is 0 Å². The number of thiophene rings is 1. The molecule has 2 aromatic rings. The monoisotopic (exact) mass is 225 g/mol. The normalized spacial score (nSPS) is 21.5. The maximum absolute atomic E-state index is 3.61. The molecular formula is C14H11NS. The molecule has 0 saturated carbocycles. The molecule has 78 valence electrons. The van der Waals surface area contributed by atoms with Gasteiger partial charge in [0, 0.05) is 16.0 Å². The predicted molar refractivity (Wildman–Crippen MR) is 71.0 cm³/mol. The Morgan fingerprint density at radius 2 is 2.31 bits per heavy atom. The highest BCUT2D eigenvalue weighted by atomic mass is 32.1. The third kappa shape index (κ3) is 1.05. The van der Waals surface area contributed by atoms with Crippen LogP contribution in [0.15, 0.2) is 41.8 Å². The molecule has 0 spiro atoms. The predicted octanol–water partition coefficient (Wildman–Crippen LogP) is 4.04. The van der Waals surface area contributed by atoms with E-state index in [9.17, 15) is 0 Å². The van der Waals surface area contributed by atoms with E-state index in [1.54, 1.807) is 0 Å². The molecule has 2 heteroatoms. The molecule has 4 rings (SSSR count). The van der Waals surface area contributed by atoms with Crippen LogP contribution in [-0.4, -0.2) is 6.04 Å². The molecule has 1 nitrogen and oxygen atoms in total. The summed E-state index contributed by atoms with van der Waals surface area (Å²) >= 11 is 1.81. The zero-order valence-electron chi connectivity index (χ0n) is 8.73. The van der Waals surface area contributed by atoms with Crippen LogP contribution in [0.2, 0.25) is 0 Å². The molecule has 1 aromatic carbocycles. The average Bonchev–Trinajstić information content (AvgIpc) is 2.88. The van der Waals surface area contributed by atoms with Gasteiger partial charge in [-0.2, -0.15) is 0 Å². The molecule has 1 aliphatic heterocycles. The van der Waals surface area contributed by atoms with Gasteiger partial charge in [-0.1, -0.05) is 18.2 Å². The van der Waals surface area contributed by atoms with E-state index in [0.717, 1.165) is 6.42 Å². The topological polar surface area (TPSA) is 12.0 Å². The highest BCUT2D eigenvalue weighted by Crippen LogP contribution is 2.41. The second-order valence-corrected chi connectivity index (χ2v) is 5.29. The Labute approximate surface area is 98.1 Å². The number of benzene rings is 1. The minimum atomic E-state index is 0.497. The highest BCUT2D eigenvalue weighted by molar-refractivity contribution is 7.17. The Morgan fingerprint density at radius 3 is 3.31 bits per heavy atom. The zero-order valence-corrected chi connectivity index (χ0v) is 9.55. The Morgan fingerprint density at radius 1 is 1.31 bits per heavy atom. The van der Waals surface area contributed by atoms with Crippen LogP contribution in [0.25, 0.3) is 15.7 Å². The lowest BCUT2D eigenvalue weighted by Gasteiger charge is -2.13. The van der Waals surface area contributed by atoms with Crippen molar-refractivity contribution in [3.8, 4) is 0 Å². The number of fused-ring (bicyclic) bond motifs is 4. The molecule has 0 radical (unpaired) electrons. The van der Waals surface area contributed by atoms with E-state index in [4.69, 9.17) is 0 Å². The molecule has 16 heavy (non-hydrogen) atoms. The third-order valence-electron chi connectivity index (χ3n) is 3.39. The standard InChI is InChI=1S/C14H11NS/c1-2-4-12-10(3-1)11-7-9-5-6-16-14(9)8-13(11)15-12/h1-3,5-8,12,15H,4H2. The van der Waals surface area contributed by atoms with Crippen LogP contribution in [0.3, 0.4) is 0 Å². The second-order valence-electron chi connectivity index (χ2n) is 4.34. The van der Waals surface area contributed by atoms with Gasteiger partial charge in [0.05, 0.1) is 6.04 Å². The van der Waals surface area contributed by atoms with E-state index < -0.39 is 0 Å². The van der Waals surface area contributed by atoms with E-state index in [0.29, 0.717) is 6.04 Å². The Balaban J connectivity index is 2.01. The van der Waals surface area contributed by atoms with Gasteiger partial charge in [-0.15, -0.1) is 11.3 Å². The van der Waals surface area contributed by atoms with Crippen LogP contribution in [0.5, 0.6) is 0 Å². The summed E-state index contributed by atoms with van der Waals surface area (Å²) in [5.74, 6) is 0. The fraction of sp³-hybridized carbons (Fsp3) is 0.143. The summed E-state index contributed by atoms with van der Waals surface area (Å²) < 4.78 is 1.37. The van der Waals surface area contributed by atoms with Crippen LogP contribution in [0.1, 0.15) is 12.0 Å². The molecule has 1 unspecified atom stereocenters. The lowest BCUT2D eigenvalue weighted by Crippen LogP contribution is -2.14. The van der Waals surface area contributed by atoms with Crippen molar-refractivity contribution in [2.24, 2.45) is 0 Å². The Bertz CT molecular complexity index is 633. The van der Waals surface area contributed by atoms with E-state index in [1.807, 2.05) is 11.3 Å². The van der Waals surface area contributed by atoms with Crippen molar-refractivity contribution in [3.63, 3.8) is 0 Å². The van der Waals surface area contributed by atoms with Crippen molar-refractivity contribution in [1.82, 2.24) is 0 Å². The smallest absolute Gasteiger partial charge is 0.0555 e. The Hall–Kier alpha value is -1.54. The first-order valence-electron chi connectivity index (χ1n) is 5.57. The molecule has 0 bridgehead atoms. The largest absolute Gasteiger partial charge is 0.377 e. The molecule has 0 fully saturated rings. The third-order valence-corrected chi connectivity index (χ3v) is 4.27. The van der Waals surface area contributed by atoms with Crippen LogP contribution >= 0.6 is 11.3 Å². The van der Waals surface area contributed by atoms with Crippen LogP contribution in [0.4, 0.5) is 5.69 Å². The lowest BCUT2D eigenvalue weighted by atomic mass is 9.96. The lowest BCUT2D eigenvalue weighted by molar-refractivity contribution is 0.928. The van der Waals surface area contributed by atoms with Crippen molar-refractivity contribution >= 4 is 32.7 Å². The summed E-state index contributed by atoms with van der Waals surface area (Å²) in [6.07, 6.45) is 7.75. The molecule has 0 amide bonds. The average molecular weight is 225 g/mol. The fourth-order valence-corrected chi connectivity index (χ4v) is 3.41. The van der Waals surface area contributed by atoms with Gasteiger partial charge in [0.1, 0.15) is 0 Å². The van der Waals surface area contributed by atoms with Crippen LogP contribution in [0, 0.1) is 0 Å². The minimum Gasteiger partial charge on any atom is -0.377 e. The van der Waals surface area contributed by atoms with Gasteiger partial charge in [0.15, 0.2) is 0 Å². The van der Waals surface area contributed by atoms with E-state index in [1.165, 1.54) is 26.9 Å². The molecular weight excluding hydrogens is 214 g/mol. The van der Waals surface area contributed by atoms with Gasteiger partial charge in [-0.05, 0) is 41.0 Å². The number of nitrogens with one attached hydrogen (secondary N) is 1. The molecule has 2 aliphatic rings. The Kier molecular flexibility index (Phi) is 1.60. The van der Waals surface area contributed by atoms with Gasteiger partial charge in [-0.3, -0.25) is 0 Å². The van der Waals surface area contributed by atoms with Gasteiger partial charge >= 0.3 is 0 Å². The summed E-state index contributed by atoms with van der Waals surface area (Å²) in [4.78, 5) is 0. The maximum atomic E-state index is 3.61. The maximum Gasteiger partial charge on any atom is 0.0555 e. The number of hydrogen-bond acceptors (Lipinski definition) is 2. The first-order chi connectivity index (χ1) is 7.92. The van der Waals surface area contributed by atoms with Crippen molar-refractivity contribution in [1.29, 1.82) is 0 Å². The summed E-state index contributed by atoms with van der Waals surface area (Å²) in [6, 6.07) is 7.30. The number of hydrogen-bond donors (Lipinski definition) is 1.